The largest absolute Gasteiger partial charge is 0.325 e. The summed E-state index contributed by atoms with van der Waals surface area (Å²) < 4.78 is 1.59. The normalized spacial score (nSPS) is 10.6. The molecule has 0 aliphatic heterocycles. The molecule has 7 heteroatoms. The standard InChI is InChI=1S/C18H18N4O2S/c1-13-5-4-6-14(9-13)20-17(23)10-25-11-18(24)21-22-12-19-15-7-2-3-8-16(15)22/h2-9,12H,10-11H2,1H3,(H,20,23)(H,21,24). The molecule has 0 unspecified atom stereocenters. The van der Waals surface area contributed by atoms with E-state index >= 15 is 0 Å². The van der Waals surface area contributed by atoms with E-state index in [1.165, 1.54) is 11.8 Å². The van der Waals surface area contributed by atoms with Gasteiger partial charge in [-0.25, -0.2) is 9.66 Å². The highest BCUT2D eigenvalue weighted by Crippen LogP contribution is 2.12. The molecule has 0 atom stereocenters. The van der Waals surface area contributed by atoms with Crippen molar-refractivity contribution in [2.45, 2.75) is 6.92 Å². The summed E-state index contributed by atoms with van der Waals surface area (Å²) in [5.74, 6) is 0.0905. The van der Waals surface area contributed by atoms with Crippen LogP contribution in [0.2, 0.25) is 0 Å². The van der Waals surface area contributed by atoms with Gasteiger partial charge in [0, 0.05) is 5.69 Å². The maximum atomic E-state index is 12.0. The zero-order valence-corrected chi connectivity index (χ0v) is 14.5. The fourth-order valence-corrected chi connectivity index (χ4v) is 2.98. The Morgan fingerprint density at radius 1 is 1.08 bits per heavy atom. The number of rotatable bonds is 6. The Hall–Kier alpha value is -2.80. The van der Waals surface area contributed by atoms with E-state index in [-0.39, 0.29) is 23.3 Å². The molecule has 2 N–H and O–H groups in total. The van der Waals surface area contributed by atoms with E-state index < -0.39 is 0 Å². The number of nitrogens with one attached hydrogen (secondary N) is 2. The second-order valence-electron chi connectivity index (χ2n) is 5.55. The van der Waals surface area contributed by atoms with Gasteiger partial charge in [-0.3, -0.25) is 15.0 Å². The Labute approximate surface area is 149 Å². The number of carbonyl (C=O) groups is 2. The van der Waals surface area contributed by atoms with Crippen molar-refractivity contribution in [3.05, 3.63) is 60.4 Å². The van der Waals surface area contributed by atoms with Crippen molar-refractivity contribution < 1.29 is 9.59 Å². The van der Waals surface area contributed by atoms with E-state index in [2.05, 4.69) is 15.7 Å². The molecule has 2 amide bonds. The number of hydrogen-bond acceptors (Lipinski definition) is 4. The predicted octanol–water partition coefficient (Wildman–Crippen LogP) is 2.79. The highest BCUT2D eigenvalue weighted by atomic mass is 32.2. The van der Waals surface area contributed by atoms with Crippen LogP contribution < -0.4 is 10.7 Å². The number of amides is 2. The second kappa shape index (κ2) is 7.85. The Morgan fingerprint density at radius 3 is 2.72 bits per heavy atom. The molecule has 0 bridgehead atoms. The maximum Gasteiger partial charge on any atom is 0.248 e. The summed E-state index contributed by atoms with van der Waals surface area (Å²) >= 11 is 1.26. The van der Waals surface area contributed by atoms with Gasteiger partial charge in [-0.1, -0.05) is 24.3 Å². The first-order valence-corrected chi connectivity index (χ1v) is 8.93. The fraction of sp³-hybridized carbons (Fsp3) is 0.167. The number of fused-ring (bicyclic) bond motifs is 1. The summed E-state index contributed by atoms with van der Waals surface area (Å²) in [7, 11) is 0. The lowest BCUT2D eigenvalue weighted by molar-refractivity contribution is -0.114. The number of benzene rings is 2. The van der Waals surface area contributed by atoms with Gasteiger partial charge in [0.2, 0.25) is 11.8 Å². The van der Waals surface area contributed by atoms with Gasteiger partial charge in [-0.15, -0.1) is 11.8 Å². The van der Waals surface area contributed by atoms with E-state index in [1.54, 1.807) is 11.0 Å². The molecule has 0 aliphatic carbocycles. The van der Waals surface area contributed by atoms with Gasteiger partial charge >= 0.3 is 0 Å². The van der Waals surface area contributed by atoms with Gasteiger partial charge in [0.25, 0.3) is 0 Å². The zero-order valence-electron chi connectivity index (χ0n) is 13.7. The van der Waals surface area contributed by atoms with Crippen LogP contribution in [0.5, 0.6) is 0 Å². The number of thioether (sulfide) groups is 1. The van der Waals surface area contributed by atoms with E-state index in [0.717, 1.165) is 22.3 Å². The minimum absolute atomic E-state index is 0.128. The predicted molar refractivity (Wildman–Crippen MR) is 101 cm³/mol. The summed E-state index contributed by atoms with van der Waals surface area (Å²) in [5, 5.41) is 2.82. The van der Waals surface area contributed by atoms with Crippen LogP contribution >= 0.6 is 11.8 Å². The summed E-state index contributed by atoms with van der Waals surface area (Å²) in [5.41, 5.74) is 6.25. The third-order valence-corrected chi connectivity index (χ3v) is 4.40. The smallest absolute Gasteiger partial charge is 0.248 e. The number of imidazole rings is 1. The molecule has 0 spiro atoms. The molecule has 0 saturated heterocycles. The maximum absolute atomic E-state index is 12.0. The number of carbonyl (C=O) groups excluding carboxylic acids is 2. The first-order valence-electron chi connectivity index (χ1n) is 7.78. The summed E-state index contributed by atoms with van der Waals surface area (Å²) in [6.07, 6.45) is 1.57. The van der Waals surface area contributed by atoms with Crippen molar-refractivity contribution >= 4 is 40.3 Å². The van der Waals surface area contributed by atoms with Crippen molar-refractivity contribution in [2.75, 3.05) is 22.2 Å². The van der Waals surface area contributed by atoms with Crippen LogP contribution in [0.15, 0.2) is 54.9 Å². The summed E-state index contributed by atoms with van der Waals surface area (Å²) in [6.45, 7) is 1.97. The fourth-order valence-electron chi connectivity index (χ4n) is 2.37. The average molecular weight is 354 g/mol. The van der Waals surface area contributed by atoms with E-state index in [4.69, 9.17) is 0 Å². The molecule has 25 heavy (non-hydrogen) atoms. The molecule has 1 aromatic heterocycles. The summed E-state index contributed by atoms with van der Waals surface area (Å²) in [6, 6.07) is 15.1. The topological polar surface area (TPSA) is 76.0 Å². The Morgan fingerprint density at radius 2 is 1.88 bits per heavy atom. The van der Waals surface area contributed by atoms with Gasteiger partial charge in [-0.05, 0) is 36.8 Å². The van der Waals surface area contributed by atoms with Crippen molar-refractivity contribution in [1.29, 1.82) is 0 Å². The number of anilines is 1. The Kier molecular flexibility index (Phi) is 5.35. The van der Waals surface area contributed by atoms with Crippen molar-refractivity contribution in [2.24, 2.45) is 0 Å². The Bertz CT molecular complexity index is 907. The second-order valence-corrected chi connectivity index (χ2v) is 6.53. The number of aromatic nitrogens is 2. The highest BCUT2D eigenvalue weighted by Gasteiger charge is 2.08. The highest BCUT2D eigenvalue weighted by molar-refractivity contribution is 8.00. The van der Waals surface area contributed by atoms with Gasteiger partial charge in [0.15, 0.2) is 0 Å². The number of aryl methyl sites for hydroxylation is 1. The van der Waals surface area contributed by atoms with Crippen LogP contribution in [0.4, 0.5) is 5.69 Å². The first-order chi connectivity index (χ1) is 12.1. The lowest BCUT2D eigenvalue weighted by atomic mass is 10.2. The third-order valence-electron chi connectivity index (χ3n) is 3.47. The number of hydrogen-bond donors (Lipinski definition) is 2. The van der Waals surface area contributed by atoms with E-state index in [0.29, 0.717) is 0 Å². The van der Waals surface area contributed by atoms with Crippen LogP contribution in [-0.2, 0) is 9.59 Å². The van der Waals surface area contributed by atoms with Gasteiger partial charge in [0.1, 0.15) is 6.33 Å². The molecule has 0 radical (unpaired) electrons. The summed E-state index contributed by atoms with van der Waals surface area (Å²) in [4.78, 5) is 28.2. The van der Waals surface area contributed by atoms with Gasteiger partial charge < -0.3 is 5.32 Å². The molecule has 0 fully saturated rings. The average Bonchev–Trinajstić information content (AvgIpc) is 2.98. The molecule has 1 heterocycles. The minimum atomic E-state index is -0.184. The van der Waals surface area contributed by atoms with Gasteiger partial charge in [-0.2, -0.15) is 0 Å². The monoisotopic (exact) mass is 354 g/mol. The molecule has 0 saturated carbocycles. The van der Waals surface area contributed by atoms with Crippen LogP contribution in [0.25, 0.3) is 11.0 Å². The molecule has 2 aromatic carbocycles. The first kappa shape index (κ1) is 17.0. The van der Waals surface area contributed by atoms with Gasteiger partial charge in [0.05, 0.1) is 22.5 Å². The van der Waals surface area contributed by atoms with Crippen molar-refractivity contribution in [1.82, 2.24) is 9.66 Å². The van der Waals surface area contributed by atoms with Crippen LogP contribution in [0, 0.1) is 6.92 Å². The van der Waals surface area contributed by atoms with E-state index in [9.17, 15) is 9.59 Å². The third kappa shape index (κ3) is 4.60. The molecule has 6 nitrogen and oxygen atoms in total. The molecule has 0 aliphatic rings. The molecule has 128 valence electrons. The van der Waals surface area contributed by atoms with E-state index in [1.807, 2.05) is 55.5 Å². The minimum Gasteiger partial charge on any atom is -0.325 e. The Balaban J connectivity index is 1.45. The lowest BCUT2D eigenvalue weighted by Crippen LogP contribution is -2.24. The van der Waals surface area contributed by atoms with Crippen LogP contribution in [0.3, 0.4) is 0 Å². The molecular weight excluding hydrogens is 336 g/mol. The number of para-hydroxylation sites is 2. The van der Waals surface area contributed by atoms with Crippen LogP contribution in [0.1, 0.15) is 5.56 Å². The molecule has 3 aromatic rings. The SMILES string of the molecule is Cc1cccc(NC(=O)CSCC(=O)Nn2cnc3ccccc32)c1. The molecular formula is C18H18N4O2S. The van der Waals surface area contributed by atoms with Crippen molar-refractivity contribution in [3.8, 4) is 0 Å². The zero-order chi connectivity index (χ0) is 17.6. The van der Waals surface area contributed by atoms with Crippen molar-refractivity contribution in [3.63, 3.8) is 0 Å². The van der Waals surface area contributed by atoms with Crippen LogP contribution in [-0.4, -0.2) is 33.0 Å². The molecule has 3 rings (SSSR count). The quantitative estimate of drug-likeness (QED) is 0.714. The lowest BCUT2D eigenvalue weighted by Gasteiger charge is -2.08. The number of nitrogens with zero attached hydrogens (tertiary/aromatic N) is 2.